The maximum absolute atomic E-state index is 6.11. The number of halogens is 2. The van der Waals surface area contributed by atoms with Crippen molar-refractivity contribution in [2.75, 3.05) is 5.32 Å². The summed E-state index contributed by atoms with van der Waals surface area (Å²) >= 11 is 8.38. The Morgan fingerprint density at radius 3 is 2.82 bits per heavy atom. The Bertz CT molecular complexity index is 511. The van der Waals surface area contributed by atoms with Crippen molar-refractivity contribution in [3.05, 3.63) is 56.4 Å². The molecule has 0 saturated heterocycles. The van der Waals surface area contributed by atoms with Crippen LogP contribution in [-0.2, 0) is 6.54 Å². The summed E-state index contributed by atoms with van der Waals surface area (Å²) in [6.07, 6.45) is 1.88. The van der Waals surface area contributed by atoms with Crippen molar-refractivity contribution in [3.63, 3.8) is 0 Å². The number of hydrogen-bond acceptors (Lipinski definition) is 2. The van der Waals surface area contributed by atoms with Gasteiger partial charge in [0, 0.05) is 22.0 Å². The molecule has 4 heteroatoms. The zero-order valence-corrected chi connectivity index (χ0v) is 12.3. The van der Waals surface area contributed by atoms with Gasteiger partial charge in [0.2, 0.25) is 0 Å². The number of hydrogen-bond donors (Lipinski definition) is 1. The number of aryl methyl sites for hydroxylation is 1. The van der Waals surface area contributed by atoms with Crippen molar-refractivity contribution >= 4 is 39.9 Å². The molecule has 0 radical (unpaired) electrons. The highest BCUT2D eigenvalue weighted by molar-refractivity contribution is 14.1. The highest BCUT2D eigenvalue weighted by Gasteiger charge is 2.01. The molecule has 0 aliphatic rings. The fourth-order valence-electron chi connectivity index (χ4n) is 1.43. The lowest BCUT2D eigenvalue weighted by Crippen LogP contribution is -2.00. The van der Waals surface area contributed by atoms with Crippen LogP contribution in [-0.4, -0.2) is 4.98 Å². The molecule has 0 aliphatic carbocycles. The minimum atomic E-state index is 0.729. The van der Waals surface area contributed by atoms with Gasteiger partial charge in [0.15, 0.2) is 0 Å². The molecule has 2 rings (SSSR count). The molecule has 1 N–H and O–H groups in total. The normalized spacial score (nSPS) is 10.3. The summed E-state index contributed by atoms with van der Waals surface area (Å²) in [6.45, 7) is 2.71. The van der Waals surface area contributed by atoms with Gasteiger partial charge < -0.3 is 5.32 Å². The molecule has 0 saturated carbocycles. The van der Waals surface area contributed by atoms with Gasteiger partial charge in [0.25, 0.3) is 0 Å². The average molecular weight is 359 g/mol. The van der Waals surface area contributed by atoms with Gasteiger partial charge in [-0.25, -0.2) is 0 Å². The standard InChI is InChI=1S/C13H12ClIN2/c1-9-2-3-10(7-16-9)8-17-13-6-11(15)4-5-12(13)14/h2-7,17H,8H2,1H3. The molecule has 0 fully saturated rings. The van der Waals surface area contributed by atoms with E-state index >= 15 is 0 Å². The molecule has 2 nitrogen and oxygen atoms in total. The molecular weight excluding hydrogens is 347 g/mol. The van der Waals surface area contributed by atoms with Crippen molar-refractivity contribution < 1.29 is 0 Å². The Hall–Kier alpha value is -0.810. The molecule has 88 valence electrons. The van der Waals surface area contributed by atoms with Crippen LogP contribution < -0.4 is 5.32 Å². The third-order valence-electron chi connectivity index (χ3n) is 2.38. The topological polar surface area (TPSA) is 24.9 Å². The maximum atomic E-state index is 6.11. The number of benzene rings is 1. The second-order valence-electron chi connectivity index (χ2n) is 3.79. The van der Waals surface area contributed by atoms with Crippen LogP contribution in [0.1, 0.15) is 11.3 Å². The molecule has 0 atom stereocenters. The van der Waals surface area contributed by atoms with Crippen molar-refractivity contribution in [2.45, 2.75) is 13.5 Å². The van der Waals surface area contributed by atoms with Crippen LogP contribution in [0.25, 0.3) is 0 Å². The first-order chi connectivity index (χ1) is 8.15. The number of nitrogens with zero attached hydrogens (tertiary/aromatic N) is 1. The summed E-state index contributed by atoms with van der Waals surface area (Å²) in [7, 11) is 0. The summed E-state index contributed by atoms with van der Waals surface area (Å²) in [5.41, 5.74) is 3.13. The lowest BCUT2D eigenvalue weighted by atomic mass is 10.2. The Morgan fingerprint density at radius 1 is 1.29 bits per heavy atom. The first kappa shape index (κ1) is 12.6. The van der Waals surface area contributed by atoms with E-state index in [9.17, 15) is 0 Å². The third-order valence-corrected chi connectivity index (χ3v) is 3.38. The Morgan fingerprint density at radius 2 is 2.12 bits per heavy atom. The minimum absolute atomic E-state index is 0.729. The van der Waals surface area contributed by atoms with E-state index in [2.05, 4.69) is 39.0 Å². The van der Waals surface area contributed by atoms with Crippen molar-refractivity contribution in [3.8, 4) is 0 Å². The Kier molecular flexibility index (Phi) is 4.23. The van der Waals surface area contributed by atoms with Crippen LogP contribution >= 0.6 is 34.2 Å². The van der Waals surface area contributed by atoms with E-state index in [0.717, 1.165) is 32.1 Å². The number of pyridine rings is 1. The largest absolute Gasteiger partial charge is 0.380 e. The van der Waals surface area contributed by atoms with Crippen LogP contribution in [0, 0.1) is 10.5 Å². The molecule has 2 aromatic rings. The van der Waals surface area contributed by atoms with Gasteiger partial charge in [0.05, 0.1) is 10.7 Å². The van der Waals surface area contributed by atoms with E-state index in [-0.39, 0.29) is 0 Å². The van der Waals surface area contributed by atoms with Gasteiger partial charge in [-0.2, -0.15) is 0 Å². The zero-order chi connectivity index (χ0) is 12.3. The molecule has 0 amide bonds. The van der Waals surface area contributed by atoms with Gasteiger partial charge in [-0.15, -0.1) is 0 Å². The van der Waals surface area contributed by atoms with E-state index in [1.807, 2.05) is 37.4 Å². The molecule has 17 heavy (non-hydrogen) atoms. The van der Waals surface area contributed by atoms with E-state index < -0.39 is 0 Å². The lowest BCUT2D eigenvalue weighted by molar-refractivity contribution is 1.08. The second kappa shape index (κ2) is 5.69. The monoisotopic (exact) mass is 358 g/mol. The van der Waals surface area contributed by atoms with E-state index in [0.29, 0.717) is 0 Å². The minimum Gasteiger partial charge on any atom is -0.380 e. The lowest BCUT2D eigenvalue weighted by Gasteiger charge is -2.08. The van der Waals surface area contributed by atoms with Crippen LogP contribution in [0.15, 0.2) is 36.5 Å². The summed E-state index contributed by atoms with van der Waals surface area (Å²) in [5, 5.41) is 4.05. The highest BCUT2D eigenvalue weighted by atomic mass is 127. The molecule has 1 aromatic carbocycles. The molecule has 0 unspecified atom stereocenters. The summed E-state index contributed by atoms with van der Waals surface area (Å²) in [4.78, 5) is 4.26. The molecule has 0 aliphatic heterocycles. The first-order valence-electron chi connectivity index (χ1n) is 5.25. The number of aromatic nitrogens is 1. The third kappa shape index (κ3) is 3.57. The van der Waals surface area contributed by atoms with E-state index in [1.165, 1.54) is 0 Å². The number of anilines is 1. The van der Waals surface area contributed by atoms with Crippen LogP contribution in [0.3, 0.4) is 0 Å². The molecule has 0 bridgehead atoms. The summed E-state index contributed by atoms with van der Waals surface area (Å²) < 4.78 is 1.16. The van der Waals surface area contributed by atoms with Crippen LogP contribution in [0.5, 0.6) is 0 Å². The molecule has 1 aromatic heterocycles. The van der Waals surface area contributed by atoms with Gasteiger partial charge in [0.1, 0.15) is 0 Å². The Balaban J connectivity index is 2.07. The van der Waals surface area contributed by atoms with E-state index in [4.69, 9.17) is 11.6 Å². The highest BCUT2D eigenvalue weighted by Crippen LogP contribution is 2.24. The van der Waals surface area contributed by atoms with Crippen LogP contribution in [0.4, 0.5) is 5.69 Å². The van der Waals surface area contributed by atoms with Crippen molar-refractivity contribution in [1.82, 2.24) is 4.98 Å². The van der Waals surface area contributed by atoms with Crippen molar-refractivity contribution in [1.29, 1.82) is 0 Å². The first-order valence-corrected chi connectivity index (χ1v) is 6.71. The van der Waals surface area contributed by atoms with Gasteiger partial charge >= 0.3 is 0 Å². The Labute approximate surface area is 120 Å². The maximum Gasteiger partial charge on any atom is 0.0638 e. The number of nitrogens with one attached hydrogen (secondary N) is 1. The number of rotatable bonds is 3. The molecular formula is C13H12ClIN2. The fraction of sp³-hybridized carbons (Fsp3) is 0.154. The van der Waals surface area contributed by atoms with E-state index in [1.54, 1.807) is 0 Å². The van der Waals surface area contributed by atoms with Gasteiger partial charge in [-0.05, 0) is 59.3 Å². The average Bonchev–Trinajstić information content (AvgIpc) is 2.32. The predicted molar refractivity (Wildman–Crippen MR) is 80.5 cm³/mol. The zero-order valence-electron chi connectivity index (χ0n) is 9.37. The van der Waals surface area contributed by atoms with Gasteiger partial charge in [-0.1, -0.05) is 17.7 Å². The van der Waals surface area contributed by atoms with Gasteiger partial charge in [-0.3, -0.25) is 4.98 Å². The smallest absolute Gasteiger partial charge is 0.0638 e. The quantitative estimate of drug-likeness (QED) is 0.829. The fourth-order valence-corrected chi connectivity index (χ4v) is 2.11. The second-order valence-corrected chi connectivity index (χ2v) is 5.44. The van der Waals surface area contributed by atoms with Crippen molar-refractivity contribution in [2.24, 2.45) is 0 Å². The summed E-state index contributed by atoms with van der Waals surface area (Å²) in [5.74, 6) is 0. The summed E-state index contributed by atoms with van der Waals surface area (Å²) in [6, 6.07) is 10.00. The SMILES string of the molecule is Cc1ccc(CNc2cc(I)ccc2Cl)cn1. The molecule has 1 heterocycles. The predicted octanol–water partition coefficient (Wildman–Crippen LogP) is 4.26. The van der Waals surface area contributed by atoms with Crippen LogP contribution in [0.2, 0.25) is 5.02 Å². The molecule has 0 spiro atoms.